The Morgan fingerprint density at radius 3 is 2.67 bits per heavy atom. The van der Waals surface area contributed by atoms with Crippen molar-refractivity contribution in [2.24, 2.45) is 5.10 Å². The summed E-state index contributed by atoms with van der Waals surface area (Å²) in [4.78, 5) is 12.7. The predicted molar refractivity (Wildman–Crippen MR) is 95.0 cm³/mol. The number of hydrogen-bond donors (Lipinski definition) is 0. The average Bonchev–Trinajstić information content (AvgIpc) is 2.90. The standard InChI is InChI=1S/C20H16N2O2/c1-14-18(20(23)22(21-14)17-8-3-2-4-9-17)12-15-11-16-7-5-6-10-19(16)24-13-15/h2-12H,13H2,1H3/b18-12-. The molecule has 2 aromatic rings. The van der Waals surface area contributed by atoms with Gasteiger partial charge in [-0.3, -0.25) is 4.79 Å². The highest BCUT2D eigenvalue weighted by Crippen LogP contribution is 2.28. The maximum absolute atomic E-state index is 12.7. The highest BCUT2D eigenvalue weighted by atomic mass is 16.5. The number of amides is 1. The molecule has 4 nitrogen and oxygen atoms in total. The van der Waals surface area contributed by atoms with E-state index >= 15 is 0 Å². The topological polar surface area (TPSA) is 41.9 Å². The Balaban J connectivity index is 1.66. The lowest BCUT2D eigenvalue weighted by Crippen LogP contribution is -2.21. The first-order chi connectivity index (χ1) is 11.7. The van der Waals surface area contributed by atoms with E-state index < -0.39 is 0 Å². The fourth-order valence-electron chi connectivity index (χ4n) is 2.83. The lowest BCUT2D eigenvalue weighted by atomic mass is 10.0. The van der Waals surface area contributed by atoms with Crippen molar-refractivity contribution in [3.05, 3.63) is 77.4 Å². The molecule has 0 saturated carbocycles. The largest absolute Gasteiger partial charge is 0.488 e. The van der Waals surface area contributed by atoms with Crippen molar-refractivity contribution in [1.82, 2.24) is 0 Å². The molecule has 0 fully saturated rings. The number of nitrogens with zero attached hydrogens (tertiary/aromatic N) is 2. The van der Waals surface area contributed by atoms with E-state index in [-0.39, 0.29) is 5.91 Å². The monoisotopic (exact) mass is 316 g/mol. The van der Waals surface area contributed by atoms with Crippen molar-refractivity contribution in [1.29, 1.82) is 0 Å². The minimum absolute atomic E-state index is 0.113. The summed E-state index contributed by atoms with van der Waals surface area (Å²) in [5, 5.41) is 5.84. The SMILES string of the molecule is CC1=NN(c2ccccc2)C(=O)/C1=C\C1=Cc2ccccc2OC1. The Hall–Kier alpha value is -3.14. The van der Waals surface area contributed by atoms with E-state index in [9.17, 15) is 4.79 Å². The van der Waals surface area contributed by atoms with Gasteiger partial charge >= 0.3 is 0 Å². The van der Waals surface area contributed by atoms with Crippen LogP contribution in [0, 0.1) is 0 Å². The second kappa shape index (κ2) is 5.81. The zero-order valence-electron chi connectivity index (χ0n) is 13.3. The van der Waals surface area contributed by atoms with Gasteiger partial charge in [-0.1, -0.05) is 36.4 Å². The molecule has 2 aliphatic rings. The number of carbonyl (C=O) groups is 1. The zero-order valence-corrected chi connectivity index (χ0v) is 13.3. The molecule has 2 aliphatic heterocycles. The van der Waals surface area contributed by atoms with Gasteiger partial charge in [0.2, 0.25) is 0 Å². The van der Waals surface area contributed by atoms with Crippen LogP contribution in [0.4, 0.5) is 5.69 Å². The highest BCUT2D eigenvalue weighted by molar-refractivity contribution is 6.30. The number of benzene rings is 2. The van der Waals surface area contributed by atoms with Gasteiger partial charge in [0, 0.05) is 5.56 Å². The molecule has 4 heteroatoms. The molecule has 2 heterocycles. The quantitative estimate of drug-likeness (QED) is 0.791. The third kappa shape index (κ3) is 2.52. The first-order valence-electron chi connectivity index (χ1n) is 7.81. The molecule has 24 heavy (non-hydrogen) atoms. The van der Waals surface area contributed by atoms with Gasteiger partial charge in [-0.2, -0.15) is 10.1 Å². The van der Waals surface area contributed by atoms with Crippen LogP contribution < -0.4 is 9.75 Å². The van der Waals surface area contributed by atoms with Crippen LogP contribution in [0.15, 0.2) is 76.9 Å². The summed E-state index contributed by atoms with van der Waals surface area (Å²) < 4.78 is 5.75. The molecule has 0 unspecified atom stereocenters. The number of rotatable bonds is 2. The first-order valence-corrected chi connectivity index (χ1v) is 7.81. The van der Waals surface area contributed by atoms with Gasteiger partial charge in [0.05, 0.1) is 17.0 Å². The van der Waals surface area contributed by atoms with E-state index in [1.165, 1.54) is 5.01 Å². The molecule has 0 spiro atoms. The van der Waals surface area contributed by atoms with Crippen LogP contribution in [0.25, 0.3) is 6.08 Å². The summed E-state index contributed by atoms with van der Waals surface area (Å²) in [6.45, 7) is 2.30. The van der Waals surface area contributed by atoms with E-state index in [0.29, 0.717) is 17.9 Å². The maximum Gasteiger partial charge on any atom is 0.280 e. The molecule has 0 aromatic heterocycles. The van der Waals surface area contributed by atoms with Gasteiger partial charge in [-0.25, -0.2) is 0 Å². The van der Waals surface area contributed by atoms with Crippen molar-refractivity contribution >= 4 is 23.4 Å². The number of para-hydroxylation sites is 2. The van der Waals surface area contributed by atoms with Crippen LogP contribution in [-0.2, 0) is 4.79 Å². The number of fused-ring (bicyclic) bond motifs is 1. The van der Waals surface area contributed by atoms with E-state index in [1.54, 1.807) is 0 Å². The van der Waals surface area contributed by atoms with Crippen LogP contribution >= 0.6 is 0 Å². The van der Waals surface area contributed by atoms with Crippen molar-refractivity contribution < 1.29 is 9.53 Å². The Bertz CT molecular complexity index is 895. The Morgan fingerprint density at radius 2 is 1.83 bits per heavy atom. The summed E-state index contributed by atoms with van der Waals surface area (Å²) in [5.41, 5.74) is 4.07. The zero-order chi connectivity index (χ0) is 16.5. The van der Waals surface area contributed by atoms with Gasteiger partial charge in [0.25, 0.3) is 5.91 Å². The fraction of sp³-hybridized carbons (Fsp3) is 0.100. The third-order valence-corrected chi connectivity index (χ3v) is 4.05. The minimum Gasteiger partial charge on any atom is -0.488 e. The highest BCUT2D eigenvalue weighted by Gasteiger charge is 2.29. The molecule has 0 atom stereocenters. The second-order valence-corrected chi connectivity index (χ2v) is 5.74. The predicted octanol–water partition coefficient (Wildman–Crippen LogP) is 3.81. The molecule has 1 amide bonds. The van der Waals surface area contributed by atoms with E-state index in [1.807, 2.05) is 67.6 Å². The number of carbonyl (C=O) groups excluding carboxylic acids is 1. The third-order valence-electron chi connectivity index (χ3n) is 4.05. The van der Waals surface area contributed by atoms with Crippen molar-refractivity contribution in [3.63, 3.8) is 0 Å². The van der Waals surface area contributed by atoms with Gasteiger partial charge in [0.15, 0.2) is 0 Å². The van der Waals surface area contributed by atoms with Crippen LogP contribution in [0.2, 0.25) is 0 Å². The van der Waals surface area contributed by atoms with Crippen molar-refractivity contribution in [2.45, 2.75) is 6.92 Å². The number of anilines is 1. The molecule has 118 valence electrons. The lowest BCUT2D eigenvalue weighted by molar-refractivity contribution is -0.114. The van der Waals surface area contributed by atoms with Gasteiger partial charge in [0.1, 0.15) is 12.4 Å². The van der Waals surface area contributed by atoms with Gasteiger partial charge in [-0.05, 0) is 42.8 Å². The Kier molecular flexibility index (Phi) is 3.50. The van der Waals surface area contributed by atoms with E-state index in [2.05, 4.69) is 11.2 Å². The molecule has 0 saturated heterocycles. The summed E-state index contributed by atoms with van der Waals surface area (Å²) in [5.74, 6) is 0.757. The molecule has 4 rings (SSSR count). The van der Waals surface area contributed by atoms with Crippen LogP contribution in [0.1, 0.15) is 12.5 Å². The lowest BCUT2D eigenvalue weighted by Gasteiger charge is -2.16. The van der Waals surface area contributed by atoms with Crippen molar-refractivity contribution in [3.8, 4) is 5.75 Å². The Labute approximate surface area is 140 Å². The second-order valence-electron chi connectivity index (χ2n) is 5.74. The molecule has 0 N–H and O–H groups in total. The molecule has 0 aliphatic carbocycles. The van der Waals surface area contributed by atoms with Gasteiger partial charge in [-0.15, -0.1) is 0 Å². The molecule has 0 bridgehead atoms. The number of hydrogen-bond acceptors (Lipinski definition) is 3. The van der Waals surface area contributed by atoms with Gasteiger partial charge < -0.3 is 4.74 Å². The summed E-state index contributed by atoms with van der Waals surface area (Å²) in [7, 11) is 0. The summed E-state index contributed by atoms with van der Waals surface area (Å²) in [6, 6.07) is 17.3. The normalized spacial score (nSPS) is 18.1. The average molecular weight is 316 g/mol. The van der Waals surface area contributed by atoms with Crippen LogP contribution in [0.5, 0.6) is 5.75 Å². The first kappa shape index (κ1) is 14.5. The minimum atomic E-state index is -0.113. The summed E-state index contributed by atoms with van der Waals surface area (Å²) >= 11 is 0. The molecular weight excluding hydrogens is 300 g/mol. The van der Waals surface area contributed by atoms with Crippen molar-refractivity contribution in [2.75, 3.05) is 11.6 Å². The maximum atomic E-state index is 12.7. The van der Waals surface area contributed by atoms with E-state index in [4.69, 9.17) is 4.74 Å². The summed E-state index contributed by atoms with van der Waals surface area (Å²) in [6.07, 6.45) is 3.93. The molecule has 2 aromatic carbocycles. The molecule has 0 radical (unpaired) electrons. The fourth-order valence-corrected chi connectivity index (χ4v) is 2.83. The van der Waals surface area contributed by atoms with Crippen LogP contribution in [-0.4, -0.2) is 18.2 Å². The number of ether oxygens (including phenoxy) is 1. The molecular formula is C20H16N2O2. The Morgan fingerprint density at radius 1 is 1.08 bits per heavy atom. The van der Waals surface area contributed by atoms with Crippen LogP contribution in [0.3, 0.4) is 0 Å². The number of hydrazone groups is 1. The smallest absolute Gasteiger partial charge is 0.280 e. The van der Waals surface area contributed by atoms with E-state index in [0.717, 1.165) is 22.6 Å².